The Bertz CT molecular complexity index is 1580. The topological polar surface area (TPSA) is 88.4 Å². The van der Waals surface area contributed by atoms with Gasteiger partial charge < -0.3 is 18.9 Å². The van der Waals surface area contributed by atoms with Crippen molar-refractivity contribution in [2.45, 2.75) is 33.7 Å². The van der Waals surface area contributed by atoms with Gasteiger partial charge in [0, 0.05) is 5.56 Å². The Labute approximate surface area is 219 Å². The van der Waals surface area contributed by atoms with Crippen LogP contribution in [-0.4, -0.2) is 38.5 Å². The van der Waals surface area contributed by atoms with E-state index in [0.29, 0.717) is 32.1 Å². The van der Waals surface area contributed by atoms with E-state index in [1.54, 1.807) is 44.8 Å². The number of aryl methyl sites for hydroxylation is 2. The highest BCUT2D eigenvalue weighted by Gasteiger charge is 2.35. The minimum absolute atomic E-state index is 0.193. The third-order valence-corrected chi connectivity index (χ3v) is 7.30. The van der Waals surface area contributed by atoms with Gasteiger partial charge in [0.25, 0.3) is 5.56 Å². The fourth-order valence-corrected chi connectivity index (χ4v) is 5.58. The normalized spacial score (nSPS) is 15.2. The van der Waals surface area contributed by atoms with E-state index in [9.17, 15) is 9.59 Å². The van der Waals surface area contributed by atoms with Crippen molar-refractivity contribution in [2.24, 2.45) is 4.99 Å². The molecule has 9 heteroatoms. The Morgan fingerprint density at radius 1 is 1.05 bits per heavy atom. The second-order valence-electron chi connectivity index (χ2n) is 8.56. The van der Waals surface area contributed by atoms with Crippen LogP contribution in [0.25, 0.3) is 6.08 Å². The molecule has 0 bridgehead atoms. The van der Waals surface area contributed by atoms with Crippen LogP contribution >= 0.6 is 11.3 Å². The average molecular weight is 523 g/mol. The van der Waals surface area contributed by atoms with Gasteiger partial charge in [-0.1, -0.05) is 23.5 Å². The number of nitrogens with zero attached hydrogens (tertiary/aromatic N) is 2. The second kappa shape index (κ2) is 10.6. The van der Waals surface area contributed by atoms with Crippen LogP contribution < -0.4 is 29.1 Å². The van der Waals surface area contributed by atoms with Gasteiger partial charge >= 0.3 is 5.97 Å². The third-order valence-electron chi connectivity index (χ3n) is 6.32. The number of para-hydroxylation sites is 1. The van der Waals surface area contributed by atoms with Crippen LogP contribution in [0.5, 0.6) is 17.2 Å². The van der Waals surface area contributed by atoms with Gasteiger partial charge in [0.15, 0.2) is 16.3 Å². The predicted molar refractivity (Wildman–Crippen MR) is 142 cm³/mol. The second-order valence-corrected chi connectivity index (χ2v) is 9.57. The molecule has 1 unspecified atom stereocenters. The summed E-state index contributed by atoms with van der Waals surface area (Å²) in [5, 5.41) is 0. The van der Waals surface area contributed by atoms with Gasteiger partial charge in [-0.05, 0) is 68.7 Å². The molecule has 1 aliphatic heterocycles. The van der Waals surface area contributed by atoms with Crippen LogP contribution in [0, 0.1) is 13.8 Å². The fraction of sp³-hybridized carbons (Fsp3) is 0.321. The highest BCUT2D eigenvalue weighted by Crippen LogP contribution is 2.40. The number of methoxy groups -OCH3 is 3. The van der Waals surface area contributed by atoms with Crippen LogP contribution in [0.4, 0.5) is 0 Å². The van der Waals surface area contributed by atoms with Crippen molar-refractivity contribution in [3.8, 4) is 17.2 Å². The first-order valence-corrected chi connectivity index (χ1v) is 12.6. The lowest BCUT2D eigenvalue weighted by Crippen LogP contribution is -2.40. The number of thiazole rings is 1. The molecule has 194 valence electrons. The van der Waals surface area contributed by atoms with Crippen LogP contribution in [0.1, 0.15) is 42.1 Å². The smallest absolute Gasteiger partial charge is 0.338 e. The summed E-state index contributed by atoms with van der Waals surface area (Å²) in [5.74, 6) is 1.18. The number of allylic oxidation sites excluding steroid dienone is 1. The highest BCUT2D eigenvalue weighted by atomic mass is 32.1. The first kappa shape index (κ1) is 26.2. The molecule has 0 saturated carbocycles. The number of carbonyl (C=O) groups is 1. The molecule has 1 aliphatic rings. The van der Waals surface area contributed by atoms with E-state index >= 15 is 0 Å². The summed E-state index contributed by atoms with van der Waals surface area (Å²) < 4.78 is 24.0. The molecule has 2 aromatic carbocycles. The van der Waals surface area contributed by atoms with Crippen LogP contribution in [-0.2, 0) is 9.53 Å². The van der Waals surface area contributed by atoms with E-state index in [1.807, 2.05) is 38.1 Å². The number of aromatic nitrogens is 1. The molecule has 37 heavy (non-hydrogen) atoms. The zero-order valence-electron chi connectivity index (χ0n) is 22.0. The number of hydrogen-bond donors (Lipinski definition) is 0. The Morgan fingerprint density at radius 3 is 2.43 bits per heavy atom. The minimum Gasteiger partial charge on any atom is -0.496 e. The van der Waals surface area contributed by atoms with Gasteiger partial charge in [-0.15, -0.1) is 0 Å². The lowest BCUT2D eigenvalue weighted by atomic mass is 9.94. The number of rotatable bonds is 7. The Balaban J connectivity index is 2.02. The molecule has 3 aromatic rings. The Morgan fingerprint density at radius 2 is 1.78 bits per heavy atom. The summed E-state index contributed by atoms with van der Waals surface area (Å²) in [6.45, 7) is 7.61. The Kier molecular flexibility index (Phi) is 7.54. The number of esters is 1. The van der Waals surface area contributed by atoms with Gasteiger partial charge in [0.05, 0.1) is 43.7 Å². The van der Waals surface area contributed by atoms with E-state index in [0.717, 1.165) is 22.4 Å². The summed E-state index contributed by atoms with van der Waals surface area (Å²) in [7, 11) is 4.70. The van der Waals surface area contributed by atoms with Crippen molar-refractivity contribution in [1.82, 2.24) is 4.57 Å². The van der Waals surface area contributed by atoms with Crippen LogP contribution in [0.2, 0.25) is 0 Å². The van der Waals surface area contributed by atoms with E-state index in [2.05, 4.69) is 4.99 Å². The predicted octanol–water partition coefficient (Wildman–Crippen LogP) is 3.44. The SMILES string of the molecule is CCOC(=O)C1=C(C)N=c2sc(=Cc3cc(C)c(OC)cc3C)c(=O)n2C1c1cccc(OC)c1OC. The number of hydrogen-bond acceptors (Lipinski definition) is 8. The molecule has 0 radical (unpaired) electrons. The van der Waals surface area contributed by atoms with Gasteiger partial charge in [0.2, 0.25) is 0 Å². The maximum atomic E-state index is 13.9. The van der Waals surface area contributed by atoms with Crippen molar-refractivity contribution in [3.05, 3.63) is 83.5 Å². The molecule has 4 rings (SSSR count). The minimum atomic E-state index is -0.804. The molecule has 0 amide bonds. The largest absolute Gasteiger partial charge is 0.496 e. The zero-order valence-corrected chi connectivity index (χ0v) is 22.8. The van der Waals surface area contributed by atoms with Gasteiger partial charge in [-0.3, -0.25) is 9.36 Å². The summed E-state index contributed by atoms with van der Waals surface area (Å²) in [6, 6.07) is 8.52. The molecular weight excluding hydrogens is 492 g/mol. The first-order valence-electron chi connectivity index (χ1n) is 11.8. The number of fused-ring (bicyclic) bond motifs is 1. The third kappa shape index (κ3) is 4.67. The molecule has 2 heterocycles. The summed E-state index contributed by atoms with van der Waals surface area (Å²) >= 11 is 1.27. The van der Waals surface area contributed by atoms with Gasteiger partial charge in [0.1, 0.15) is 11.8 Å². The van der Waals surface area contributed by atoms with Crippen molar-refractivity contribution >= 4 is 23.4 Å². The molecule has 0 saturated heterocycles. The Hall–Kier alpha value is -3.85. The van der Waals surface area contributed by atoms with Gasteiger partial charge in [-0.25, -0.2) is 9.79 Å². The molecule has 8 nitrogen and oxygen atoms in total. The monoisotopic (exact) mass is 522 g/mol. The standard InChI is InChI=1S/C28H30N2O6S/c1-8-36-27(32)23-17(4)29-28-30(24(23)19-10-9-11-20(33-5)25(19)35-7)26(31)22(37-28)14-18-12-16(3)21(34-6)13-15(18)2/h9-14,24H,8H2,1-7H3. The average Bonchev–Trinajstić information content (AvgIpc) is 3.18. The lowest BCUT2D eigenvalue weighted by molar-refractivity contribution is -0.139. The fourth-order valence-electron chi connectivity index (χ4n) is 4.54. The maximum Gasteiger partial charge on any atom is 0.338 e. The highest BCUT2D eigenvalue weighted by molar-refractivity contribution is 7.07. The molecular formula is C28H30N2O6S. The van der Waals surface area contributed by atoms with Crippen molar-refractivity contribution < 1.29 is 23.7 Å². The summed E-state index contributed by atoms with van der Waals surface area (Å²) in [4.78, 5) is 32.2. The van der Waals surface area contributed by atoms with Crippen molar-refractivity contribution in [1.29, 1.82) is 0 Å². The molecule has 1 aromatic heterocycles. The number of carbonyl (C=O) groups excluding carboxylic acids is 1. The van der Waals surface area contributed by atoms with Crippen LogP contribution in [0.15, 0.2) is 51.4 Å². The molecule has 0 fully saturated rings. The van der Waals surface area contributed by atoms with Gasteiger partial charge in [-0.2, -0.15) is 0 Å². The summed E-state index contributed by atoms with van der Waals surface area (Å²) in [6.07, 6.45) is 1.86. The number of ether oxygens (including phenoxy) is 4. The van der Waals surface area contributed by atoms with E-state index in [-0.39, 0.29) is 17.7 Å². The molecule has 0 N–H and O–H groups in total. The molecule has 1 atom stereocenters. The first-order chi connectivity index (χ1) is 17.7. The summed E-state index contributed by atoms with van der Waals surface area (Å²) in [5.41, 5.74) is 3.94. The maximum absolute atomic E-state index is 13.9. The number of benzene rings is 2. The quantitative estimate of drug-likeness (QED) is 0.442. The molecule has 0 aliphatic carbocycles. The van der Waals surface area contributed by atoms with Crippen LogP contribution in [0.3, 0.4) is 0 Å². The van der Waals surface area contributed by atoms with E-state index < -0.39 is 12.0 Å². The molecule has 0 spiro atoms. The van der Waals surface area contributed by atoms with Crippen molar-refractivity contribution in [2.75, 3.05) is 27.9 Å². The van der Waals surface area contributed by atoms with Crippen molar-refractivity contribution in [3.63, 3.8) is 0 Å². The lowest BCUT2D eigenvalue weighted by Gasteiger charge is -2.26. The van der Waals surface area contributed by atoms with E-state index in [1.165, 1.54) is 18.4 Å². The van der Waals surface area contributed by atoms with E-state index in [4.69, 9.17) is 18.9 Å². The zero-order chi connectivity index (χ0) is 26.9.